The molecular formula is C16H16ClNO2. The van der Waals surface area contributed by atoms with E-state index in [1.165, 1.54) is 0 Å². The van der Waals surface area contributed by atoms with E-state index in [0.717, 1.165) is 11.1 Å². The molecule has 0 aliphatic carbocycles. The van der Waals surface area contributed by atoms with Gasteiger partial charge in [0.05, 0.1) is 12.6 Å². The molecule has 0 unspecified atom stereocenters. The van der Waals surface area contributed by atoms with Gasteiger partial charge in [-0.25, -0.2) is 0 Å². The molecule has 104 valence electrons. The van der Waals surface area contributed by atoms with Gasteiger partial charge >= 0.3 is 0 Å². The predicted molar refractivity (Wildman–Crippen MR) is 79.4 cm³/mol. The SMILES string of the molecule is O=C(N[C@@H](CO)c1ccccc1)[C@H](Cl)c1ccccc1. The van der Waals surface area contributed by atoms with Crippen LogP contribution in [0.4, 0.5) is 0 Å². The second-order valence-electron chi connectivity index (χ2n) is 4.43. The smallest absolute Gasteiger partial charge is 0.243 e. The Labute approximate surface area is 123 Å². The third kappa shape index (κ3) is 3.59. The maximum atomic E-state index is 12.1. The Kier molecular flexibility index (Phi) is 5.16. The summed E-state index contributed by atoms with van der Waals surface area (Å²) in [5, 5.41) is 11.4. The Hall–Kier alpha value is -1.84. The summed E-state index contributed by atoms with van der Waals surface area (Å²) >= 11 is 6.15. The lowest BCUT2D eigenvalue weighted by Gasteiger charge is -2.19. The van der Waals surface area contributed by atoms with E-state index in [1.807, 2.05) is 48.5 Å². The minimum Gasteiger partial charge on any atom is -0.394 e. The second kappa shape index (κ2) is 7.08. The van der Waals surface area contributed by atoms with E-state index in [-0.39, 0.29) is 12.5 Å². The number of aliphatic hydroxyl groups excluding tert-OH is 1. The van der Waals surface area contributed by atoms with Gasteiger partial charge < -0.3 is 10.4 Å². The molecule has 0 bridgehead atoms. The van der Waals surface area contributed by atoms with Gasteiger partial charge in [-0.2, -0.15) is 0 Å². The normalized spacial score (nSPS) is 13.5. The topological polar surface area (TPSA) is 49.3 Å². The number of carbonyl (C=O) groups excluding carboxylic acids is 1. The van der Waals surface area contributed by atoms with E-state index in [4.69, 9.17) is 11.6 Å². The van der Waals surface area contributed by atoms with Gasteiger partial charge in [0.25, 0.3) is 0 Å². The lowest BCUT2D eigenvalue weighted by Crippen LogP contribution is -2.33. The van der Waals surface area contributed by atoms with Crippen LogP contribution in [0.1, 0.15) is 22.5 Å². The van der Waals surface area contributed by atoms with Crippen LogP contribution in [0.15, 0.2) is 60.7 Å². The van der Waals surface area contributed by atoms with Crippen LogP contribution in [0, 0.1) is 0 Å². The average Bonchev–Trinajstić information content (AvgIpc) is 2.53. The number of hydrogen-bond acceptors (Lipinski definition) is 2. The zero-order valence-electron chi connectivity index (χ0n) is 10.9. The number of hydrogen-bond donors (Lipinski definition) is 2. The third-order valence-electron chi connectivity index (χ3n) is 3.02. The molecule has 2 aromatic carbocycles. The Bertz CT molecular complexity index is 545. The summed E-state index contributed by atoms with van der Waals surface area (Å²) in [5.74, 6) is -0.319. The molecule has 0 saturated heterocycles. The van der Waals surface area contributed by atoms with Gasteiger partial charge in [0.1, 0.15) is 5.38 Å². The van der Waals surface area contributed by atoms with E-state index in [9.17, 15) is 9.90 Å². The quantitative estimate of drug-likeness (QED) is 0.832. The number of nitrogens with one attached hydrogen (secondary N) is 1. The largest absolute Gasteiger partial charge is 0.394 e. The van der Waals surface area contributed by atoms with Crippen molar-refractivity contribution in [2.24, 2.45) is 0 Å². The fourth-order valence-corrected chi connectivity index (χ4v) is 2.15. The highest BCUT2D eigenvalue weighted by Gasteiger charge is 2.21. The summed E-state index contributed by atoms with van der Waals surface area (Å²) in [6.45, 7) is -0.172. The molecule has 0 saturated carbocycles. The summed E-state index contributed by atoms with van der Waals surface area (Å²) in [4.78, 5) is 12.1. The number of benzene rings is 2. The van der Waals surface area contributed by atoms with Crippen molar-refractivity contribution < 1.29 is 9.90 Å². The highest BCUT2D eigenvalue weighted by molar-refractivity contribution is 6.30. The number of halogens is 1. The molecule has 2 N–H and O–H groups in total. The highest BCUT2D eigenvalue weighted by Crippen LogP contribution is 2.22. The van der Waals surface area contributed by atoms with E-state index in [0.29, 0.717) is 0 Å². The number of aliphatic hydroxyl groups is 1. The first-order chi connectivity index (χ1) is 9.72. The molecule has 2 rings (SSSR count). The van der Waals surface area contributed by atoms with E-state index < -0.39 is 11.4 Å². The summed E-state index contributed by atoms with van der Waals surface area (Å²) in [5.41, 5.74) is 1.58. The minimum atomic E-state index is -0.769. The average molecular weight is 290 g/mol. The van der Waals surface area contributed by atoms with Crippen LogP contribution in [0.2, 0.25) is 0 Å². The molecule has 0 spiro atoms. The molecule has 4 heteroatoms. The Balaban J connectivity index is 2.06. The van der Waals surface area contributed by atoms with Crippen LogP contribution < -0.4 is 5.32 Å². The molecule has 2 aromatic rings. The van der Waals surface area contributed by atoms with Crippen LogP contribution in [0.5, 0.6) is 0 Å². The van der Waals surface area contributed by atoms with Gasteiger partial charge in [0, 0.05) is 0 Å². The Morgan fingerprint density at radius 2 is 1.50 bits per heavy atom. The zero-order valence-corrected chi connectivity index (χ0v) is 11.6. The van der Waals surface area contributed by atoms with Crippen LogP contribution >= 0.6 is 11.6 Å². The van der Waals surface area contributed by atoms with E-state index in [2.05, 4.69) is 5.32 Å². The second-order valence-corrected chi connectivity index (χ2v) is 4.86. The van der Waals surface area contributed by atoms with Crippen LogP contribution in [-0.2, 0) is 4.79 Å². The van der Waals surface area contributed by atoms with Crippen molar-refractivity contribution in [2.75, 3.05) is 6.61 Å². The first-order valence-electron chi connectivity index (χ1n) is 6.37. The zero-order chi connectivity index (χ0) is 14.4. The third-order valence-corrected chi connectivity index (χ3v) is 3.47. The lowest BCUT2D eigenvalue weighted by atomic mass is 10.1. The van der Waals surface area contributed by atoms with E-state index >= 15 is 0 Å². The standard InChI is InChI=1S/C16H16ClNO2/c17-15(13-9-5-2-6-10-13)16(20)18-14(11-19)12-7-3-1-4-8-12/h1-10,14-15,19H,11H2,(H,18,20)/t14-,15+/m0/s1. The first-order valence-corrected chi connectivity index (χ1v) is 6.81. The predicted octanol–water partition coefficient (Wildman–Crippen LogP) is 2.82. The number of carbonyl (C=O) groups is 1. The molecule has 0 fully saturated rings. The van der Waals surface area contributed by atoms with Crippen molar-refractivity contribution in [1.82, 2.24) is 5.32 Å². The fraction of sp³-hybridized carbons (Fsp3) is 0.188. The van der Waals surface area contributed by atoms with Crippen LogP contribution in [-0.4, -0.2) is 17.6 Å². The van der Waals surface area contributed by atoms with Crippen molar-refractivity contribution in [3.05, 3.63) is 71.8 Å². The van der Waals surface area contributed by atoms with Crippen molar-refractivity contribution in [1.29, 1.82) is 0 Å². The molecular weight excluding hydrogens is 274 g/mol. The van der Waals surface area contributed by atoms with Gasteiger partial charge in [-0.05, 0) is 11.1 Å². The summed E-state index contributed by atoms with van der Waals surface area (Å²) in [7, 11) is 0. The van der Waals surface area contributed by atoms with Crippen LogP contribution in [0.25, 0.3) is 0 Å². The highest BCUT2D eigenvalue weighted by atomic mass is 35.5. The maximum absolute atomic E-state index is 12.1. The molecule has 1 amide bonds. The van der Waals surface area contributed by atoms with Crippen molar-refractivity contribution in [3.8, 4) is 0 Å². The lowest BCUT2D eigenvalue weighted by molar-refractivity contribution is -0.121. The van der Waals surface area contributed by atoms with E-state index in [1.54, 1.807) is 12.1 Å². The van der Waals surface area contributed by atoms with Gasteiger partial charge in [0.2, 0.25) is 5.91 Å². The molecule has 2 atom stereocenters. The Morgan fingerprint density at radius 1 is 1.00 bits per heavy atom. The number of alkyl halides is 1. The summed E-state index contributed by atoms with van der Waals surface area (Å²) in [6.07, 6.45) is 0. The van der Waals surface area contributed by atoms with Crippen molar-refractivity contribution >= 4 is 17.5 Å². The molecule has 0 heterocycles. The molecule has 0 aliphatic heterocycles. The monoisotopic (exact) mass is 289 g/mol. The summed E-state index contributed by atoms with van der Waals surface area (Å²) in [6, 6.07) is 18.0. The molecule has 0 aromatic heterocycles. The van der Waals surface area contributed by atoms with Crippen molar-refractivity contribution in [2.45, 2.75) is 11.4 Å². The summed E-state index contributed by atoms with van der Waals surface area (Å²) < 4.78 is 0. The molecule has 20 heavy (non-hydrogen) atoms. The van der Waals surface area contributed by atoms with Gasteiger partial charge in [-0.1, -0.05) is 60.7 Å². The molecule has 3 nitrogen and oxygen atoms in total. The van der Waals surface area contributed by atoms with Crippen molar-refractivity contribution in [3.63, 3.8) is 0 Å². The fourth-order valence-electron chi connectivity index (χ4n) is 1.94. The van der Waals surface area contributed by atoms with Gasteiger partial charge in [-0.15, -0.1) is 11.6 Å². The minimum absolute atomic E-state index is 0.172. The van der Waals surface area contributed by atoms with Gasteiger partial charge in [-0.3, -0.25) is 4.79 Å². The van der Waals surface area contributed by atoms with Crippen LogP contribution in [0.3, 0.4) is 0 Å². The maximum Gasteiger partial charge on any atom is 0.243 e. The first kappa shape index (κ1) is 14.6. The molecule has 0 aliphatic rings. The number of rotatable bonds is 5. The van der Waals surface area contributed by atoms with Gasteiger partial charge in [0.15, 0.2) is 0 Å². The Morgan fingerprint density at radius 3 is 2.00 bits per heavy atom. The molecule has 0 radical (unpaired) electrons. The number of amides is 1.